The number of pyridine rings is 1. The number of hydrogen-bond acceptors (Lipinski definition) is 4. The lowest BCUT2D eigenvalue weighted by Gasteiger charge is -2.14. The zero-order valence-corrected chi connectivity index (χ0v) is 18.4. The van der Waals surface area contributed by atoms with Crippen molar-refractivity contribution in [2.45, 2.75) is 18.2 Å². The van der Waals surface area contributed by atoms with Gasteiger partial charge in [-0.3, -0.25) is 4.98 Å². The van der Waals surface area contributed by atoms with E-state index in [2.05, 4.69) is 20.3 Å². The maximum absolute atomic E-state index is 13.4. The Hall–Kier alpha value is -3.11. The fraction of sp³-hybridized carbons (Fsp3) is 0.136. The first kappa shape index (κ1) is 25.5. The summed E-state index contributed by atoms with van der Waals surface area (Å²) in [6.45, 7) is 0. The van der Waals surface area contributed by atoms with Gasteiger partial charge in [-0.1, -0.05) is 6.07 Å². The first-order chi connectivity index (χ1) is 15.6. The number of aromatic nitrogens is 3. The fourth-order valence-corrected chi connectivity index (χ4v) is 3.34. The Bertz CT molecular complexity index is 1310. The summed E-state index contributed by atoms with van der Waals surface area (Å²) in [6.07, 6.45) is -7.81. The van der Waals surface area contributed by atoms with Gasteiger partial charge >= 0.3 is 12.4 Å². The van der Waals surface area contributed by atoms with Crippen molar-refractivity contribution in [2.75, 3.05) is 5.32 Å². The number of anilines is 2. The van der Waals surface area contributed by atoms with Gasteiger partial charge in [0.05, 0.1) is 28.2 Å². The van der Waals surface area contributed by atoms with Gasteiger partial charge < -0.3 is 5.32 Å². The summed E-state index contributed by atoms with van der Waals surface area (Å²) in [6, 6.07) is 10.9. The molecule has 0 aliphatic carbocycles. The van der Waals surface area contributed by atoms with E-state index in [4.69, 9.17) is 11.6 Å². The summed E-state index contributed by atoms with van der Waals surface area (Å²) in [7, 11) is 0. The first-order valence-corrected chi connectivity index (χ1v) is 9.93. The highest BCUT2D eigenvalue weighted by Gasteiger charge is 2.34. The van der Waals surface area contributed by atoms with Crippen LogP contribution >= 0.6 is 24.0 Å². The number of nitrogens with one attached hydrogen (secondary N) is 1. The highest BCUT2D eigenvalue weighted by molar-refractivity contribution is 6.16. The van der Waals surface area contributed by atoms with Crippen molar-refractivity contribution in [1.29, 1.82) is 0 Å². The molecule has 4 nitrogen and oxygen atoms in total. The van der Waals surface area contributed by atoms with Gasteiger partial charge in [0.2, 0.25) is 0 Å². The van der Waals surface area contributed by atoms with E-state index in [-0.39, 0.29) is 41.2 Å². The van der Waals surface area contributed by atoms with E-state index in [1.807, 2.05) is 0 Å². The van der Waals surface area contributed by atoms with Crippen LogP contribution in [0.25, 0.3) is 22.2 Å². The number of alkyl halides is 7. The molecule has 0 spiro atoms. The average molecular weight is 519 g/mol. The first-order valence-electron chi connectivity index (χ1n) is 9.40. The topological polar surface area (TPSA) is 50.7 Å². The van der Waals surface area contributed by atoms with Crippen molar-refractivity contribution in [3.05, 3.63) is 77.7 Å². The molecule has 0 fully saturated rings. The number of rotatable bonds is 4. The third kappa shape index (κ3) is 5.34. The molecule has 0 aliphatic heterocycles. The normalized spacial score (nSPS) is 11.9. The van der Waals surface area contributed by atoms with Crippen LogP contribution in [-0.2, 0) is 18.2 Å². The molecule has 0 amide bonds. The summed E-state index contributed by atoms with van der Waals surface area (Å²) in [5.74, 6) is 0.353. The Morgan fingerprint density at radius 1 is 0.853 bits per heavy atom. The minimum atomic E-state index is -4.60. The smallest absolute Gasteiger partial charge is 0.340 e. The van der Waals surface area contributed by atoms with Crippen molar-refractivity contribution in [1.82, 2.24) is 15.0 Å². The third-order valence-corrected chi connectivity index (χ3v) is 4.96. The van der Waals surface area contributed by atoms with Crippen LogP contribution in [0.1, 0.15) is 17.0 Å². The second-order valence-corrected chi connectivity index (χ2v) is 7.22. The van der Waals surface area contributed by atoms with Gasteiger partial charge in [0.25, 0.3) is 0 Å². The van der Waals surface area contributed by atoms with E-state index in [1.54, 1.807) is 0 Å². The molecule has 0 radical (unpaired) electrons. The maximum Gasteiger partial charge on any atom is 0.418 e. The molecular weight excluding hydrogens is 505 g/mol. The molecule has 1 N–H and O–H groups in total. The van der Waals surface area contributed by atoms with Crippen LogP contribution in [0, 0.1) is 0 Å². The monoisotopic (exact) mass is 518 g/mol. The molecule has 0 saturated carbocycles. The number of hydrogen-bond donors (Lipinski definition) is 1. The highest BCUT2D eigenvalue weighted by Crippen LogP contribution is 2.37. The van der Waals surface area contributed by atoms with Gasteiger partial charge in [0.1, 0.15) is 11.6 Å². The number of nitrogens with zero attached hydrogens (tertiary/aromatic N) is 3. The predicted octanol–water partition coefficient (Wildman–Crippen LogP) is 7.63. The molecule has 0 aliphatic rings. The van der Waals surface area contributed by atoms with E-state index in [0.29, 0.717) is 16.6 Å². The number of fused-ring (bicyclic) bond motifs is 1. The summed E-state index contributed by atoms with van der Waals surface area (Å²) in [4.78, 5) is 12.4. The lowest BCUT2D eigenvalue weighted by molar-refractivity contribution is -0.138. The molecule has 0 unspecified atom stereocenters. The third-order valence-electron chi connectivity index (χ3n) is 4.72. The average Bonchev–Trinajstić information content (AvgIpc) is 2.77. The van der Waals surface area contributed by atoms with E-state index in [1.165, 1.54) is 42.6 Å². The molecule has 4 aromatic rings. The van der Waals surface area contributed by atoms with Crippen molar-refractivity contribution < 1.29 is 26.3 Å². The largest absolute Gasteiger partial charge is 0.418 e. The minimum Gasteiger partial charge on any atom is -0.340 e. The lowest BCUT2D eigenvalue weighted by atomic mass is 10.0. The van der Waals surface area contributed by atoms with Gasteiger partial charge in [-0.15, -0.1) is 24.0 Å². The zero-order chi connectivity index (χ0) is 23.8. The molecule has 0 atom stereocenters. The van der Waals surface area contributed by atoms with Crippen molar-refractivity contribution in [3.63, 3.8) is 0 Å². The molecule has 4 rings (SSSR count). The van der Waals surface area contributed by atoms with Crippen LogP contribution < -0.4 is 5.32 Å². The van der Waals surface area contributed by atoms with E-state index in [9.17, 15) is 26.3 Å². The molecule has 0 saturated heterocycles. The minimum absolute atomic E-state index is 0. The molecule has 12 heteroatoms. The van der Waals surface area contributed by atoms with E-state index >= 15 is 0 Å². The summed E-state index contributed by atoms with van der Waals surface area (Å²) < 4.78 is 78.6. The van der Waals surface area contributed by atoms with Crippen molar-refractivity contribution in [2.24, 2.45) is 0 Å². The van der Waals surface area contributed by atoms with Gasteiger partial charge in [0, 0.05) is 22.8 Å². The van der Waals surface area contributed by atoms with E-state index < -0.39 is 23.5 Å². The number of benzene rings is 2. The van der Waals surface area contributed by atoms with Crippen LogP contribution in [-0.4, -0.2) is 15.0 Å². The van der Waals surface area contributed by atoms with Crippen LogP contribution in [0.4, 0.5) is 37.8 Å². The number of halogens is 8. The van der Waals surface area contributed by atoms with Crippen LogP contribution in [0.2, 0.25) is 0 Å². The molecule has 2 aromatic heterocycles. The standard InChI is InChI=1S/C22H13ClF6N4.ClH/c23-11-18-32-17-10-12(19-16(22(27,28)29)2-1-9-30-19)3-8-15(17)20(33-18)31-14-6-4-13(5-7-14)21(24,25)26;/h1-10H,11H2,(H,31,32,33);1H. The second-order valence-electron chi connectivity index (χ2n) is 6.95. The van der Waals surface area contributed by atoms with Crippen molar-refractivity contribution in [3.8, 4) is 11.3 Å². The molecule has 0 bridgehead atoms. The van der Waals surface area contributed by atoms with Crippen LogP contribution in [0.3, 0.4) is 0 Å². The summed E-state index contributed by atoms with van der Waals surface area (Å²) >= 11 is 5.88. The quantitative estimate of drug-likeness (QED) is 0.223. The van der Waals surface area contributed by atoms with Crippen LogP contribution in [0.5, 0.6) is 0 Å². The Morgan fingerprint density at radius 3 is 2.18 bits per heavy atom. The molecule has 2 aromatic carbocycles. The Morgan fingerprint density at radius 2 is 1.56 bits per heavy atom. The molecule has 34 heavy (non-hydrogen) atoms. The Kier molecular flexibility index (Phi) is 7.23. The highest BCUT2D eigenvalue weighted by atomic mass is 35.5. The van der Waals surface area contributed by atoms with Gasteiger partial charge in [-0.05, 0) is 48.5 Å². The van der Waals surface area contributed by atoms with Crippen LogP contribution in [0.15, 0.2) is 60.8 Å². The Labute approximate surface area is 200 Å². The Balaban J connectivity index is 0.00000324. The fourth-order valence-electron chi connectivity index (χ4n) is 3.22. The SMILES string of the molecule is Cl.FC(F)(F)c1ccc(Nc2nc(CCl)nc3cc(-c4ncccc4C(F)(F)F)ccc23)cc1. The van der Waals surface area contributed by atoms with Gasteiger partial charge in [-0.2, -0.15) is 26.3 Å². The summed E-state index contributed by atoms with van der Waals surface area (Å²) in [5, 5.41) is 3.36. The second kappa shape index (κ2) is 9.63. The predicted molar refractivity (Wildman–Crippen MR) is 119 cm³/mol. The lowest BCUT2D eigenvalue weighted by Crippen LogP contribution is -2.08. The van der Waals surface area contributed by atoms with Gasteiger partial charge in [0.15, 0.2) is 0 Å². The summed E-state index contributed by atoms with van der Waals surface area (Å²) in [5.41, 5.74) is -1.13. The van der Waals surface area contributed by atoms with E-state index in [0.717, 1.165) is 18.2 Å². The molecular formula is C22H14Cl2F6N4. The molecule has 178 valence electrons. The van der Waals surface area contributed by atoms with Gasteiger partial charge in [-0.25, -0.2) is 9.97 Å². The zero-order valence-electron chi connectivity index (χ0n) is 16.9. The maximum atomic E-state index is 13.4. The molecule has 2 heterocycles. The van der Waals surface area contributed by atoms with Crippen molar-refractivity contribution >= 4 is 46.4 Å².